The summed E-state index contributed by atoms with van der Waals surface area (Å²) in [6.07, 6.45) is 0. The van der Waals surface area contributed by atoms with E-state index in [9.17, 15) is 17.6 Å². The smallest absolute Gasteiger partial charge is 0.255 e. The van der Waals surface area contributed by atoms with Crippen molar-refractivity contribution in [3.63, 3.8) is 0 Å². The fraction of sp³-hybridized carbons (Fsp3) is 0.167. The minimum Gasteiger partial charge on any atom is -0.497 e. The van der Waals surface area contributed by atoms with Crippen LogP contribution >= 0.6 is 0 Å². The van der Waals surface area contributed by atoms with Crippen LogP contribution in [0.4, 0.5) is 15.8 Å². The molecule has 0 aliphatic carbocycles. The van der Waals surface area contributed by atoms with Gasteiger partial charge in [0.25, 0.3) is 5.91 Å². The van der Waals surface area contributed by atoms with E-state index in [0.717, 1.165) is 23.6 Å². The summed E-state index contributed by atoms with van der Waals surface area (Å²) in [6, 6.07) is 26.9. The number of benzene rings is 4. The number of hydrogen-bond acceptors (Lipinski definition) is 6. The Bertz CT molecular complexity index is 1570. The predicted molar refractivity (Wildman–Crippen MR) is 151 cm³/mol. The van der Waals surface area contributed by atoms with Gasteiger partial charge in [-0.05, 0) is 78.9 Å². The second-order valence-electron chi connectivity index (χ2n) is 9.13. The van der Waals surface area contributed by atoms with Crippen LogP contribution in [0.3, 0.4) is 0 Å². The van der Waals surface area contributed by atoms with Gasteiger partial charge >= 0.3 is 0 Å². The zero-order valence-corrected chi connectivity index (χ0v) is 22.6. The van der Waals surface area contributed by atoms with Crippen molar-refractivity contribution in [2.45, 2.75) is 4.90 Å². The van der Waals surface area contributed by atoms with Crippen molar-refractivity contribution in [3.8, 4) is 17.2 Å². The molecule has 0 unspecified atom stereocenters. The van der Waals surface area contributed by atoms with Gasteiger partial charge in [0.15, 0.2) is 0 Å². The van der Waals surface area contributed by atoms with Crippen LogP contribution in [0, 0.1) is 5.82 Å². The Morgan fingerprint density at radius 3 is 2.08 bits per heavy atom. The van der Waals surface area contributed by atoms with E-state index in [1.54, 1.807) is 31.4 Å². The number of piperazine rings is 1. The molecule has 8 nitrogen and oxygen atoms in total. The highest BCUT2D eigenvalue weighted by atomic mass is 32.2. The molecule has 5 rings (SSSR count). The van der Waals surface area contributed by atoms with Gasteiger partial charge in [0.05, 0.1) is 7.11 Å². The highest BCUT2D eigenvalue weighted by molar-refractivity contribution is 7.89. The summed E-state index contributed by atoms with van der Waals surface area (Å²) in [5.74, 6) is 0.542. The number of halogens is 1. The SMILES string of the molecule is COc1ccc(N2CCN(S(=O)(=O)c3cc(C(=O)Nc4ccc(Oc5ccccc5)cc4)ccc3F)CC2)cc1. The van der Waals surface area contributed by atoms with Crippen LogP contribution in [-0.2, 0) is 10.0 Å². The Morgan fingerprint density at radius 2 is 1.43 bits per heavy atom. The number of para-hydroxylation sites is 1. The molecule has 4 aromatic carbocycles. The maximum absolute atomic E-state index is 14.8. The molecule has 1 amide bonds. The maximum Gasteiger partial charge on any atom is 0.255 e. The monoisotopic (exact) mass is 561 g/mol. The third-order valence-corrected chi connectivity index (χ3v) is 8.49. The first-order valence-electron chi connectivity index (χ1n) is 12.7. The standard InChI is InChI=1S/C30H28FN3O5S/c1-38-25-14-10-24(11-15-25)33-17-19-34(20-18-33)40(36,37)29-21-22(7-16-28(29)31)30(35)32-23-8-12-27(13-9-23)39-26-5-3-2-4-6-26/h2-16,21H,17-20H2,1H3,(H,32,35). The van der Waals surface area contributed by atoms with E-state index in [1.165, 1.54) is 10.4 Å². The average molecular weight is 562 g/mol. The van der Waals surface area contributed by atoms with Gasteiger partial charge in [-0.3, -0.25) is 4.79 Å². The quantitative estimate of drug-likeness (QED) is 0.310. The van der Waals surface area contributed by atoms with Crippen molar-refractivity contribution in [2.75, 3.05) is 43.5 Å². The Labute approximate surface area is 232 Å². The lowest BCUT2D eigenvalue weighted by molar-refractivity contribution is 0.102. The molecule has 1 saturated heterocycles. The molecule has 0 radical (unpaired) electrons. The number of sulfonamides is 1. The minimum atomic E-state index is -4.16. The third-order valence-electron chi connectivity index (χ3n) is 6.58. The first kappa shape index (κ1) is 27.2. The van der Waals surface area contributed by atoms with E-state index in [-0.39, 0.29) is 18.7 Å². The number of carbonyl (C=O) groups is 1. The van der Waals surface area contributed by atoms with Crippen molar-refractivity contribution in [2.24, 2.45) is 0 Å². The summed E-state index contributed by atoms with van der Waals surface area (Å²) in [6.45, 7) is 1.25. The number of hydrogen-bond donors (Lipinski definition) is 1. The van der Waals surface area contributed by atoms with Gasteiger partial charge in [-0.1, -0.05) is 18.2 Å². The fourth-order valence-electron chi connectivity index (χ4n) is 4.40. The molecular weight excluding hydrogens is 533 g/mol. The summed E-state index contributed by atoms with van der Waals surface area (Å²) >= 11 is 0. The molecule has 0 bridgehead atoms. The van der Waals surface area contributed by atoms with E-state index < -0.39 is 26.6 Å². The number of ether oxygens (including phenoxy) is 2. The van der Waals surface area contributed by atoms with Crippen LogP contribution in [-0.4, -0.2) is 51.9 Å². The molecule has 1 N–H and O–H groups in total. The lowest BCUT2D eigenvalue weighted by atomic mass is 10.2. The van der Waals surface area contributed by atoms with Gasteiger partial charge in [0.1, 0.15) is 28.0 Å². The molecule has 0 aromatic heterocycles. The van der Waals surface area contributed by atoms with Gasteiger partial charge < -0.3 is 19.7 Å². The molecule has 1 aliphatic rings. The topological polar surface area (TPSA) is 88.2 Å². The number of amides is 1. The molecule has 10 heteroatoms. The lowest BCUT2D eigenvalue weighted by Crippen LogP contribution is -2.48. The fourth-order valence-corrected chi connectivity index (χ4v) is 5.91. The van der Waals surface area contributed by atoms with Crippen LogP contribution in [0.1, 0.15) is 10.4 Å². The van der Waals surface area contributed by atoms with Crippen molar-refractivity contribution in [1.29, 1.82) is 0 Å². The first-order valence-corrected chi connectivity index (χ1v) is 14.1. The zero-order valence-electron chi connectivity index (χ0n) is 21.8. The number of anilines is 2. The predicted octanol–water partition coefficient (Wildman–Crippen LogP) is 5.39. The Morgan fingerprint density at radius 1 is 0.800 bits per heavy atom. The third kappa shape index (κ3) is 6.08. The van der Waals surface area contributed by atoms with E-state index in [1.807, 2.05) is 54.6 Å². The van der Waals surface area contributed by atoms with Crippen LogP contribution in [0.2, 0.25) is 0 Å². The number of nitrogens with one attached hydrogen (secondary N) is 1. The van der Waals surface area contributed by atoms with Gasteiger partial charge in [-0.25, -0.2) is 12.8 Å². The highest BCUT2D eigenvalue weighted by Gasteiger charge is 2.31. The number of nitrogens with zero attached hydrogens (tertiary/aromatic N) is 2. The Hall–Kier alpha value is -4.41. The number of methoxy groups -OCH3 is 1. The molecule has 1 heterocycles. The van der Waals surface area contributed by atoms with Gasteiger partial charge in [0, 0.05) is 43.1 Å². The first-order chi connectivity index (χ1) is 19.3. The molecule has 206 valence electrons. The lowest BCUT2D eigenvalue weighted by Gasteiger charge is -2.35. The van der Waals surface area contributed by atoms with Crippen molar-refractivity contribution < 1.29 is 27.1 Å². The summed E-state index contributed by atoms with van der Waals surface area (Å²) in [4.78, 5) is 14.4. The largest absolute Gasteiger partial charge is 0.497 e. The molecule has 0 spiro atoms. The summed E-state index contributed by atoms with van der Waals surface area (Å²) < 4.78 is 53.7. The second kappa shape index (κ2) is 11.8. The van der Waals surface area contributed by atoms with Crippen LogP contribution in [0.5, 0.6) is 17.2 Å². The molecule has 0 saturated carbocycles. The highest BCUT2D eigenvalue weighted by Crippen LogP contribution is 2.26. The summed E-state index contributed by atoms with van der Waals surface area (Å²) in [5, 5.41) is 2.72. The van der Waals surface area contributed by atoms with Gasteiger partial charge in [0.2, 0.25) is 10.0 Å². The van der Waals surface area contributed by atoms with E-state index in [4.69, 9.17) is 9.47 Å². The van der Waals surface area contributed by atoms with E-state index >= 15 is 0 Å². The van der Waals surface area contributed by atoms with Crippen molar-refractivity contribution in [1.82, 2.24) is 4.31 Å². The summed E-state index contributed by atoms with van der Waals surface area (Å²) in [7, 11) is -2.56. The molecule has 0 atom stereocenters. The average Bonchev–Trinajstić information content (AvgIpc) is 2.99. The van der Waals surface area contributed by atoms with E-state index in [2.05, 4.69) is 10.2 Å². The molecule has 40 heavy (non-hydrogen) atoms. The zero-order chi connectivity index (χ0) is 28.1. The van der Waals surface area contributed by atoms with Crippen LogP contribution in [0.25, 0.3) is 0 Å². The van der Waals surface area contributed by atoms with Crippen molar-refractivity contribution in [3.05, 3.63) is 108 Å². The normalized spacial score (nSPS) is 14.0. The number of rotatable bonds is 8. The van der Waals surface area contributed by atoms with Gasteiger partial charge in [-0.15, -0.1) is 0 Å². The molecule has 1 fully saturated rings. The molecular formula is C30H28FN3O5S. The maximum atomic E-state index is 14.8. The minimum absolute atomic E-state index is 0.0291. The van der Waals surface area contributed by atoms with Gasteiger partial charge in [-0.2, -0.15) is 4.31 Å². The van der Waals surface area contributed by atoms with E-state index in [0.29, 0.717) is 30.3 Å². The van der Waals surface area contributed by atoms with Crippen LogP contribution in [0.15, 0.2) is 102 Å². The molecule has 4 aromatic rings. The molecule has 1 aliphatic heterocycles. The van der Waals surface area contributed by atoms with Crippen LogP contribution < -0.4 is 19.7 Å². The second-order valence-corrected chi connectivity index (χ2v) is 11.0. The summed E-state index contributed by atoms with van der Waals surface area (Å²) in [5.41, 5.74) is 1.46. The Kier molecular flexibility index (Phi) is 7.99. The Balaban J connectivity index is 1.24. The number of carbonyl (C=O) groups excluding carboxylic acids is 1. The van der Waals surface area contributed by atoms with Crippen molar-refractivity contribution >= 4 is 27.3 Å².